The molecule has 5 N–H and O–H groups in total. The van der Waals surface area contributed by atoms with Crippen molar-refractivity contribution >= 4 is 58.0 Å². The maximum absolute atomic E-state index is 11.6. The van der Waals surface area contributed by atoms with Crippen molar-refractivity contribution in [1.82, 2.24) is 10.9 Å². The van der Waals surface area contributed by atoms with Gasteiger partial charge in [0.25, 0.3) is 5.91 Å². The van der Waals surface area contributed by atoms with Crippen LogP contribution >= 0.6 is 47.0 Å². The van der Waals surface area contributed by atoms with Crippen molar-refractivity contribution < 1.29 is 9.90 Å². The fourth-order valence-electron chi connectivity index (χ4n) is 0.974. The molecule has 5 nitrogen and oxygen atoms in total. The van der Waals surface area contributed by atoms with Crippen molar-refractivity contribution in [3.05, 3.63) is 26.7 Å². The molecule has 0 radical (unpaired) electrons. The number of amides is 1. The van der Waals surface area contributed by atoms with E-state index in [2.05, 4.69) is 23.1 Å². The Morgan fingerprint density at radius 1 is 1.29 bits per heavy atom. The van der Waals surface area contributed by atoms with Gasteiger partial charge < -0.3 is 10.8 Å². The van der Waals surface area contributed by atoms with Crippen molar-refractivity contribution in [2.45, 2.75) is 0 Å². The lowest BCUT2D eigenvalue weighted by atomic mass is 10.2. The number of aromatic hydroxyl groups is 1. The van der Waals surface area contributed by atoms with Crippen LogP contribution in [0.4, 0.5) is 0 Å². The second-order valence-corrected chi connectivity index (χ2v) is 4.45. The Morgan fingerprint density at radius 3 is 2.41 bits per heavy atom. The molecule has 0 spiro atoms. The number of phenolic OH excluding ortho intramolecular Hbond substituents is 1. The van der Waals surface area contributed by atoms with Crippen LogP contribution in [0, 0.1) is 0 Å². The zero-order valence-electron chi connectivity index (χ0n) is 8.05. The number of thiocarbonyl (C=S) groups is 1. The van der Waals surface area contributed by atoms with Crippen molar-refractivity contribution in [2.24, 2.45) is 5.73 Å². The van der Waals surface area contributed by atoms with Gasteiger partial charge in [0.15, 0.2) is 5.11 Å². The smallest absolute Gasteiger partial charge is 0.275 e. The summed E-state index contributed by atoms with van der Waals surface area (Å²) in [6, 6.07) is 1.22. The third kappa shape index (κ3) is 3.26. The van der Waals surface area contributed by atoms with Gasteiger partial charge in [-0.25, -0.2) is 0 Å². The second-order valence-electron chi connectivity index (χ2n) is 2.82. The van der Waals surface area contributed by atoms with Gasteiger partial charge in [-0.15, -0.1) is 0 Å². The highest BCUT2D eigenvalue weighted by Crippen LogP contribution is 2.38. The van der Waals surface area contributed by atoms with Gasteiger partial charge in [-0.3, -0.25) is 15.6 Å². The van der Waals surface area contributed by atoms with Crippen LogP contribution in [0.5, 0.6) is 5.75 Å². The minimum absolute atomic E-state index is 0.0370. The number of rotatable bonds is 1. The topological polar surface area (TPSA) is 87.4 Å². The van der Waals surface area contributed by atoms with Crippen LogP contribution in [0.1, 0.15) is 10.4 Å². The SMILES string of the molecule is NC(=S)NNC(=O)c1c(O)c(Cl)cc(Cl)c1Cl. The third-order valence-corrected chi connectivity index (χ3v) is 2.85. The maximum Gasteiger partial charge on any atom is 0.275 e. The van der Waals surface area contributed by atoms with Gasteiger partial charge in [0.1, 0.15) is 11.3 Å². The van der Waals surface area contributed by atoms with Gasteiger partial charge in [0.05, 0.1) is 15.1 Å². The fraction of sp³-hybridized carbons (Fsp3) is 0. The van der Waals surface area contributed by atoms with Crippen molar-refractivity contribution in [3.8, 4) is 5.75 Å². The van der Waals surface area contributed by atoms with Gasteiger partial charge >= 0.3 is 0 Å². The minimum atomic E-state index is -0.773. The molecule has 0 saturated carbocycles. The molecule has 0 heterocycles. The fourth-order valence-corrected chi connectivity index (χ4v) is 1.72. The summed E-state index contributed by atoms with van der Waals surface area (Å²) in [5, 5.41) is 9.27. The van der Waals surface area contributed by atoms with Gasteiger partial charge in [0.2, 0.25) is 0 Å². The summed E-state index contributed by atoms with van der Waals surface area (Å²) in [7, 11) is 0. The van der Waals surface area contributed by atoms with Crippen LogP contribution in [-0.4, -0.2) is 16.1 Å². The van der Waals surface area contributed by atoms with Crippen LogP contribution in [0.15, 0.2) is 6.07 Å². The molecule has 0 aliphatic heterocycles. The summed E-state index contributed by atoms with van der Waals surface area (Å²) >= 11 is 21.6. The van der Waals surface area contributed by atoms with Crippen LogP contribution in [0.3, 0.4) is 0 Å². The number of halogens is 3. The predicted octanol–water partition coefficient (Wildman–Crippen LogP) is 1.83. The quantitative estimate of drug-likeness (QED) is 0.361. The van der Waals surface area contributed by atoms with Crippen molar-refractivity contribution in [1.29, 1.82) is 0 Å². The van der Waals surface area contributed by atoms with E-state index in [0.717, 1.165) is 0 Å². The van der Waals surface area contributed by atoms with Gasteiger partial charge in [-0.1, -0.05) is 34.8 Å². The number of nitrogens with one attached hydrogen (secondary N) is 2. The van der Waals surface area contributed by atoms with Crippen molar-refractivity contribution in [2.75, 3.05) is 0 Å². The lowest BCUT2D eigenvalue weighted by Gasteiger charge is -2.11. The first kappa shape index (κ1) is 14.1. The molecule has 0 aromatic heterocycles. The van der Waals surface area contributed by atoms with E-state index in [0.29, 0.717) is 0 Å². The van der Waals surface area contributed by atoms with Crippen molar-refractivity contribution in [3.63, 3.8) is 0 Å². The molecule has 1 aromatic carbocycles. The maximum atomic E-state index is 11.6. The molecule has 0 fully saturated rings. The van der Waals surface area contributed by atoms with E-state index >= 15 is 0 Å². The summed E-state index contributed by atoms with van der Waals surface area (Å²) in [4.78, 5) is 11.6. The van der Waals surface area contributed by atoms with E-state index in [-0.39, 0.29) is 25.7 Å². The number of carbonyl (C=O) groups excluding carboxylic acids is 1. The molecule has 0 aliphatic carbocycles. The first-order valence-corrected chi connectivity index (χ1v) is 5.61. The Kier molecular flexibility index (Phi) is 4.64. The average molecular weight is 315 g/mol. The number of hydrogen-bond acceptors (Lipinski definition) is 3. The molecule has 1 rings (SSSR count). The Balaban J connectivity index is 3.12. The van der Waals surface area contributed by atoms with Gasteiger partial charge in [-0.05, 0) is 18.3 Å². The summed E-state index contributed by atoms with van der Waals surface area (Å²) < 4.78 is 0. The van der Waals surface area contributed by atoms with E-state index in [4.69, 9.17) is 40.5 Å². The van der Waals surface area contributed by atoms with E-state index < -0.39 is 11.7 Å². The molecule has 92 valence electrons. The number of phenols is 1. The molecule has 0 unspecified atom stereocenters. The zero-order chi connectivity index (χ0) is 13.2. The zero-order valence-corrected chi connectivity index (χ0v) is 11.1. The van der Waals surface area contributed by atoms with E-state index in [1.54, 1.807) is 0 Å². The molecule has 1 amide bonds. The second kappa shape index (κ2) is 5.59. The molecule has 0 atom stereocenters. The summed E-state index contributed by atoms with van der Waals surface area (Å²) in [6.07, 6.45) is 0. The lowest BCUT2D eigenvalue weighted by Crippen LogP contribution is -2.44. The molecule has 9 heteroatoms. The molecule has 0 aliphatic rings. The minimum Gasteiger partial charge on any atom is -0.505 e. The first-order valence-electron chi connectivity index (χ1n) is 4.06. The number of carbonyl (C=O) groups is 1. The Labute approximate surface area is 117 Å². The standard InChI is InChI=1S/C8H6Cl3N3O2S/c9-2-1-3(10)6(15)4(5(2)11)7(16)13-14-8(12)17/h1,15H,(H,13,16)(H3,12,14,17). The van der Waals surface area contributed by atoms with E-state index in [1.165, 1.54) is 6.07 Å². The molecule has 17 heavy (non-hydrogen) atoms. The largest absolute Gasteiger partial charge is 0.505 e. The Hall–Kier alpha value is -0.950. The molecular weight excluding hydrogens is 309 g/mol. The normalized spacial score (nSPS) is 9.82. The predicted molar refractivity (Wildman–Crippen MR) is 70.5 cm³/mol. The molecular formula is C8H6Cl3N3O2S. The monoisotopic (exact) mass is 313 g/mol. The lowest BCUT2D eigenvalue weighted by molar-refractivity contribution is 0.0941. The summed E-state index contributed by atoms with van der Waals surface area (Å²) in [5.41, 5.74) is 9.15. The third-order valence-electron chi connectivity index (χ3n) is 1.67. The van der Waals surface area contributed by atoms with E-state index in [9.17, 15) is 9.90 Å². The average Bonchev–Trinajstić information content (AvgIpc) is 2.24. The van der Waals surface area contributed by atoms with Crippen LogP contribution < -0.4 is 16.6 Å². The molecule has 1 aromatic rings. The molecule has 0 saturated heterocycles. The number of hydrazine groups is 1. The summed E-state index contributed by atoms with van der Waals surface area (Å²) in [5.74, 6) is -1.26. The highest BCUT2D eigenvalue weighted by Gasteiger charge is 2.21. The Bertz CT molecular complexity index is 469. The number of hydrogen-bond donors (Lipinski definition) is 4. The van der Waals surface area contributed by atoms with Gasteiger partial charge in [0, 0.05) is 0 Å². The number of benzene rings is 1. The number of nitrogens with two attached hydrogens (primary N) is 1. The highest BCUT2D eigenvalue weighted by molar-refractivity contribution is 7.80. The van der Waals surface area contributed by atoms with Crippen LogP contribution in [-0.2, 0) is 0 Å². The Morgan fingerprint density at radius 2 is 1.88 bits per heavy atom. The van der Waals surface area contributed by atoms with Crippen LogP contribution in [0.25, 0.3) is 0 Å². The first-order chi connectivity index (χ1) is 7.84. The molecule has 0 bridgehead atoms. The van der Waals surface area contributed by atoms with E-state index in [1.807, 2.05) is 0 Å². The highest BCUT2D eigenvalue weighted by atomic mass is 35.5. The van der Waals surface area contributed by atoms with Gasteiger partial charge in [-0.2, -0.15) is 0 Å². The summed E-state index contributed by atoms with van der Waals surface area (Å²) in [6.45, 7) is 0. The van der Waals surface area contributed by atoms with Crippen LogP contribution in [0.2, 0.25) is 15.1 Å².